The number of aliphatic carboxylic acids is 5. The quantitative estimate of drug-likeness (QED) is 0.00977. The molecule has 0 amide bonds. The summed E-state index contributed by atoms with van der Waals surface area (Å²) in [5.74, 6) is -8.91. The zero-order valence-electron chi connectivity index (χ0n) is 39.8. The Morgan fingerprint density at radius 2 is 1.25 bits per heavy atom. The van der Waals surface area contributed by atoms with E-state index < -0.39 is 109 Å². The molecule has 1 aliphatic rings. The van der Waals surface area contributed by atoms with E-state index in [1.54, 1.807) is 24.3 Å². The number of nitrogens with zero attached hydrogens (tertiary/aromatic N) is 1. The molecule has 72 heavy (non-hydrogen) atoms. The van der Waals surface area contributed by atoms with Crippen molar-refractivity contribution >= 4 is 78.3 Å². The van der Waals surface area contributed by atoms with Gasteiger partial charge in [0.2, 0.25) is 0 Å². The molecule has 1 aliphatic heterocycles. The Morgan fingerprint density at radius 3 is 1.61 bits per heavy atom. The summed E-state index contributed by atoms with van der Waals surface area (Å²) in [5, 5.41) is 51.8. The number of hydrogen-bond donors (Lipinski definition) is 18. The SMILES string of the molecule is CC[C@H](C)[C@H](N)C(=O)OC(=O)[C@@H](N)CS.NC(N)=NCCC[C@H](N)C(=O)OC(=O)C[C@H](N)C(=O)O.NCC(=O)O.NCC(=O)Oc1ccc(C[C@H](N)C(=O)O)cc1.N[C@@H](CO)C(=O)O.O=C(O)[C@@H]1CCCN1. The summed E-state index contributed by atoms with van der Waals surface area (Å²) in [5.41, 5.74) is 52.3. The highest BCUT2D eigenvalue weighted by molar-refractivity contribution is 7.80. The van der Waals surface area contributed by atoms with Gasteiger partial charge >= 0.3 is 59.7 Å². The van der Waals surface area contributed by atoms with Crippen LogP contribution in [-0.4, -0.2) is 177 Å². The molecule has 0 bridgehead atoms. The summed E-state index contributed by atoms with van der Waals surface area (Å²) in [6, 6.07) is -0.00350. The molecule has 0 aromatic heterocycles. The van der Waals surface area contributed by atoms with E-state index in [0.717, 1.165) is 31.4 Å². The highest BCUT2D eigenvalue weighted by Crippen LogP contribution is 2.13. The molecule has 1 heterocycles. The lowest BCUT2D eigenvalue weighted by Gasteiger charge is -2.16. The topological polar surface area (TPSA) is 604 Å². The zero-order chi connectivity index (χ0) is 56.7. The predicted octanol–water partition coefficient (Wildman–Crippen LogP) is -6.33. The number of carbonyl (C=O) groups is 10. The molecule has 0 aliphatic carbocycles. The number of guanidine groups is 1. The van der Waals surface area contributed by atoms with Gasteiger partial charge in [-0.2, -0.15) is 12.6 Å². The molecule has 2 rings (SSSR count). The average molecular weight is 1060 g/mol. The minimum Gasteiger partial charge on any atom is -0.480 e. The van der Waals surface area contributed by atoms with Crippen LogP contribution in [0.4, 0.5) is 0 Å². The molecule has 0 saturated carbocycles. The number of aliphatic hydroxyl groups excluding tert-OH is 1. The fourth-order valence-corrected chi connectivity index (χ4v) is 4.27. The number of carboxylic acid groups (broad SMARTS) is 5. The third kappa shape index (κ3) is 39.3. The number of carbonyl (C=O) groups excluding carboxylic acids is 5. The summed E-state index contributed by atoms with van der Waals surface area (Å²) in [6.07, 6.45) is 2.78. The van der Waals surface area contributed by atoms with Gasteiger partial charge in [-0.1, -0.05) is 32.4 Å². The summed E-state index contributed by atoms with van der Waals surface area (Å²) in [6.45, 7) is 3.90. The van der Waals surface area contributed by atoms with Crippen LogP contribution in [0.5, 0.6) is 5.75 Å². The third-order valence-electron chi connectivity index (χ3n) is 8.56. The standard InChI is InChI=1S/C11H14N2O4.C10H19N5O5.C9H18N2O3S.C5H9NO2.C3H7NO3.C2H5NO2/c12-6-10(14)17-8-3-1-7(2-4-8)5-9(13)11(15)16;11-5(2-1-3-15-10(13)14)9(19)20-7(16)4-6(12)8(17)18;1-3-5(2)7(11)9(13)14-8(12)6(10)4-15;7-5(8)4-2-1-3-6-4;4-2(1-5)3(6)7;3-1-2(4)5/h1-4,9H,5-6,12-13H2,(H,15,16);5-6H,1-4,11-12H2,(H,17,18)(H4,13,14,15);5-7,15H,3-4,10-11H2,1-2H3;4,6H,1-3H2,(H,7,8);2,5H,1,4H2,(H,6,7);1,3H2,(H,4,5)/t9-;5-,6-;5-,6-,7-;4-;2-;/m00000./s1. The van der Waals surface area contributed by atoms with Crippen molar-refractivity contribution in [1.82, 2.24) is 5.32 Å². The van der Waals surface area contributed by atoms with Gasteiger partial charge < -0.3 is 108 Å². The molecule has 0 unspecified atom stereocenters. The van der Waals surface area contributed by atoms with Crippen molar-refractivity contribution in [3.8, 4) is 5.75 Å². The van der Waals surface area contributed by atoms with Gasteiger partial charge in [0.05, 0.1) is 26.1 Å². The molecule has 27 N–H and O–H groups in total. The van der Waals surface area contributed by atoms with Crippen LogP contribution in [0.1, 0.15) is 57.9 Å². The van der Waals surface area contributed by atoms with Crippen molar-refractivity contribution in [3.05, 3.63) is 29.8 Å². The zero-order valence-corrected chi connectivity index (χ0v) is 40.7. The fraction of sp³-hybridized carbons (Fsp3) is 0.575. The minimum absolute atomic E-state index is 0.0301. The van der Waals surface area contributed by atoms with Crippen LogP contribution in [0, 0.1) is 5.92 Å². The van der Waals surface area contributed by atoms with Crippen molar-refractivity contribution in [3.63, 3.8) is 0 Å². The first-order valence-electron chi connectivity index (χ1n) is 21.3. The first kappa shape index (κ1) is 72.1. The Morgan fingerprint density at radius 1 is 0.736 bits per heavy atom. The van der Waals surface area contributed by atoms with Crippen molar-refractivity contribution in [1.29, 1.82) is 0 Å². The van der Waals surface area contributed by atoms with Gasteiger partial charge in [-0.25, -0.2) is 14.4 Å². The Hall–Kier alpha value is -6.46. The Balaban J connectivity index is -0.000000407. The fourth-order valence-electron chi connectivity index (χ4n) is 4.12. The van der Waals surface area contributed by atoms with Crippen molar-refractivity contribution in [2.45, 2.75) is 101 Å². The van der Waals surface area contributed by atoms with E-state index in [-0.39, 0.29) is 49.6 Å². The highest BCUT2D eigenvalue weighted by atomic mass is 32.1. The molecular formula is C40H72N12O19S. The van der Waals surface area contributed by atoms with E-state index in [0.29, 0.717) is 18.7 Å². The van der Waals surface area contributed by atoms with E-state index in [2.05, 4.69) is 38.1 Å². The normalized spacial score (nSPS) is 14.9. The molecule has 32 heteroatoms. The summed E-state index contributed by atoms with van der Waals surface area (Å²) in [7, 11) is 0. The maximum atomic E-state index is 11.4. The van der Waals surface area contributed by atoms with Crippen LogP contribution in [0.2, 0.25) is 0 Å². The number of aliphatic imine (C=N–C) groups is 1. The Kier molecular flexibility index (Phi) is 42.3. The number of esters is 5. The van der Waals surface area contributed by atoms with Crippen molar-refractivity contribution < 1.29 is 92.8 Å². The second-order valence-corrected chi connectivity index (χ2v) is 15.0. The largest absolute Gasteiger partial charge is 0.480 e. The first-order valence-corrected chi connectivity index (χ1v) is 22.0. The lowest BCUT2D eigenvalue weighted by Crippen LogP contribution is -2.43. The van der Waals surface area contributed by atoms with Crippen LogP contribution in [-0.2, 0) is 63.8 Å². The second kappa shape index (κ2) is 42.2. The van der Waals surface area contributed by atoms with Gasteiger partial charge in [0.15, 0.2) is 5.96 Å². The molecule has 31 nitrogen and oxygen atoms in total. The van der Waals surface area contributed by atoms with Crippen LogP contribution >= 0.6 is 12.6 Å². The molecule has 1 fully saturated rings. The Labute approximate surface area is 419 Å². The molecule has 412 valence electrons. The molecule has 1 aromatic rings. The maximum Gasteiger partial charge on any atom is 0.331 e. The van der Waals surface area contributed by atoms with Crippen molar-refractivity contribution in [2.75, 3.05) is 38.5 Å². The molecule has 8 atom stereocenters. The maximum absolute atomic E-state index is 11.4. The van der Waals surface area contributed by atoms with Crippen LogP contribution in [0.15, 0.2) is 29.3 Å². The molecule has 1 aromatic carbocycles. The van der Waals surface area contributed by atoms with Gasteiger partial charge in [-0.3, -0.25) is 38.6 Å². The number of aliphatic hydroxyl groups is 1. The number of hydrogen-bond acceptors (Lipinski definition) is 25. The van der Waals surface area contributed by atoms with E-state index in [1.807, 2.05) is 13.8 Å². The summed E-state index contributed by atoms with van der Waals surface area (Å²) in [4.78, 5) is 110. The molecule has 0 spiro atoms. The van der Waals surface area contributed by atoms with Crippen molar-refractivity contribution in [2.24, 2.45) is 68.2 Å². The van der Waals surface area contributed by atoms with Crippen LogP contribution in [0.3, 0.4) is 0 Å². The lowest BCUT2D eigenvalue weighted by molar-refractivity contribution is -0.163. The van der Waals surface area contributed by atoms with Gasteiger partial charge in [-0.05, 0) is 62.3 Å². The molecule has 0 radical (unpaired) electrons. The number of nitrogens with two attached hydrogens (primary N) is 10. The van der Waals surface area contributed by atoms with Gasteiger partial charge in [0.25, 0.3) is 0 Å². The minimum atomic E-state index is -1.42. The lowest BCUT2D eigenvalue weighted by atomic mass is 10.0. The van der Waals surface area contributed by atoms with Gasteiger partial charge in [0, 0.05) is 12.3 Å². The van der Waals surface area contributed by atoms with Crippen LogP contribution in [0.25, 0.3) is 0 Å². The number of nitrogens with one attached hydrogen (secondary N) is 1. The van der Waals surface area contributed by atoms with E-state index in [9.17, 15) is 47.9 Å². The second-order valence-electron chi connectivity index (χ2n) is 14.6. The number of thiol groups is 1. The van der Waals surface area contributed by atoms with Crippen LogP contribution < -0.4 is 67.4 Å². The highest BCUT2D eigenvalue weighted by Gasteiger charge is 2.26. The average Bonchev–Trinajstić information content (AvgIpc) is 3.89. The van der Waals surface area contributed by atoms with Gasteiger partial charge in [0.1, 0.15) is 48.0 Å². The summed E-state index contributed by atoms with van der Waals surface area (Å²) < 4.78 is 13.8. The summed E-state index contributed by atoms with van der Waals surface area (Å²) >= 11 is 3.82. The number of ether oxygens (including phenoxy) is 3. The van der Waals surface area contributed by atoms with E-state index >= 15 is 0 Å². The Bertz CT molecular complexity index is 1860. The van der Waals surface area contributed by atoms with E-state index in [4.69, 9.17) is 87.0 Å². The first-order chi connectivity index (χ1) is 33.4. The van der Waals surface area contributed by atoms with E-state index in [1.165, 1.54) is 0 Å². The molecule has 1 saturated heterocycles. The monoisotopic (exact) mass is 1060 g/mol. The molecular weight excluding hydrogens is 985 g/mol. The number of benzene rings is 1. The third-order valence-corrected chi connectivity index (χ3v) is 8.95. The number of rotatable bonds is 22. The number of carboxylic acids is 5. The van der Waals surface area contributed by atoms with Gasteiger partial charge in [-0.15, -0.1) is 0 Å². The smallest absolute Gasteiger partial charge is 0.331 e. The predicted molar refractivity (Wildman–Crippen MR) is 258 cm³/mol.